The first-order valence-corrected chi connectivity index (χ1v) is 10.5. The highest BCUT2D eigenvalue weighted by molar-refractivity contribution is 5.91. The smallest absolute Gasteiger partial charge is 0.387 e. The summed E-state index contributed by atoms with van der Waals surface area (Å²) < 4.78 is 38.1. The molecule has 2 aromatic carbocycles. The SMILES string of the molecule is CCOc1ccc2nn(-c3ccc4nn(C)cc4c3)c(=O)c(-c3ccc(OC(F)F)cc3)c2n1. The maximum Gasteiger partial charge on any atom is 0.387 e. The van der Waals surface area contributed by atoms with Gasteiger partial charge in [0.2, 0.25) is 5.88 Å². The molecule has 0 bridgehead atoms. The zero-order valence-electron chi connectivity index (χ0n) is 18.3. The zero-order valence-corrected chi connectivity index (χ0v) is 18.3. The lowest BCUT2D eigenvalue weighted by Crippen LogP contribution is -2.23. The van der Waals surface area contributed by atoms with Crippen LogP contribution in [0.25, 0.3) is 38.8 Å². The van der Waals surface area contributed by atoms with Gasteiger partial charge in [0.05, 0.1) is 23.4 Å². The first-order chi connectivity index (χ1) is 16.4. The highest BCUT2D eigenvalue weighted by Crippen LogP contribution is 2.28. The monoisotopic (exact) mass is 463 g/mol. The fourth-order valence-corrected chi connectivity index (χ4v) is 3.79. The molecule has 3 heterocycles. The molecule has 0 aliphatic rings. The summed E-state index contributed by atoms with van der Waals surface area (Å²) in [7, 11) is 1.82. The van der Waals surface area contributed by atoms with Crippen LogP contribution in [0, 0.1) is 0 Å². The standard InChI is InChI=1S/C24H19F2N5O3/c1-3-33-20-11-10-19-22(27-20)21(14-4-7-17(8-5-14)34-24(25)26)23(32)31(29-19)16-6-9-18-15(12-16)13-30(2)28-18/h4-13,24H,3H2,1-2H3. The highest BCUT2D eigenvalue weighted by atomic mass is 19.3. The molecule has 0 saturated heterocycles. The number of rotatable bonds is 6. The van der Waals surface area contributed by atoms with Gasteiger partial charge in [0.25, 0.3) is 5.56 Å². The van der Waals surface area contributed by atoms with Crippen LogP contribution in [0.5, 0.6) is 11.6 Å². The fraction of sp³-hybridized carbons (Fsp3) is 0.167. The molecule has 0 spiro atoms. The Morgan fingerprint density at radius 2 is 1.76 bits per heavy atom. The van der Waals surface area contributed by atoms with Gasteiger partial charge in [-0.05, 0) is 48.9 Å². The second-order valence-corrected chi connectivity index (χ2v) is 7.49. The number of alkyl halides is 2. The molecular weight excluding hydrogens is 444 g/mol. The van der Waals surface area contributed by atoms with Gasteiger partial charge in [0.15, 0.2) is 0 Å². The van der Waals surface area contributed by atoms with Crippen LogP contribution in [0.4, 0.5) is 8.78 Å². The molecule has 0 saturated carbocycles. The number of pyridine rings is 1. The number of hydrogen-bond donors (Lipinski definition) is 0. The lowest BCUT2D eigenvalue weighted by molar-refractivity contribution is -0.0498. The Labute approximate surface area is 192 Å². The van der Waals surface area contributed by atoms with Crippen LogP contribution >= 0.6 is 0 Å². The normalized spacial score (nSPS) is 11.4. The largest absolute Gasteiger partial charge is 0.478 e. The number of benzene rings is 2. The van der Waals surface area contributed by atoms with Gasteiger partial charge in [-0.15, -0.1) is 0 Å². The summed E-state index contributed by atoms with van der Waals surface area (Å²) in [4.78, 5) is 18.2. The molecule has 0 atom stereocenters. The van der Waals surface area contributed by atoms with Crippen LogP contribution in [0.15, 0.2) is 65.6 Å². The topological polar surface area (TPSA) is 84.1 Å². The van der Waals surface area contributed by atoms with Gasteiger partial charge in [0.1, 0.15) is 16.8 Å². The average molecular weight is 463 g/mol. The maximum absolute atomic E-state index is 13.7. The summed E-state index contributed by atoms with van der Waals surface area (Å²) in [5.41, 5.74) is 2.49. The summed E-state index contributed by atoms with van der Waals surface area (Å²) in [5.74, 6) is 0.340. The number of ether oxygens (including phenoxy) is 2. The van der Waals surface area contributed by atoms with Gasteiger partial charge < -0.3 is 9.47 Å². The molecule has 10 heteroatoms. The van der Waals surface area contributed by atoms with E-state index in [4.69, 9.17) is 4.74 Å². The second-order valence-electron chi connectivity index (χ2n) is 7.49. The van der Waals surface area contributed by atoms with Gasteiger partial charge in [-0.2, -0.15) is 23.7 Å². The molecule has 5 aromatic rings. The van der Waals surface area contributed by atoms with Crippen molar-refractivity contribution in [3.05, 3.63) is 71.1 Å². The van der Waals surface area contributed by atoms with E-state index in [-0.39, 0.29) is 11.3 Å². The van der Waals surface area contributed by atoms with Crippen molar-refractivity contribution >= 4 is 21.9 Å². The Kier molecular flexibility index (Phi) is 5.40. The molecule has 34 heavy (non-hydrogen) atoms. The summed E-state index contributed by atoms with van der Waals surface area (Å²) >= 11 is 0. The minimum atomic E-state index is -2.94. The van der Waals surface area contributed by atoms with Crippen molar-refractivity contribution in [3.8, 4) is 28.4 Å². The maximum atomic E-state index is 13.7. The van der Waals surface area contributed by atoms with Crippen molar-refractivity contribution in [2.45, 2.75) is 13.5 Å². The van der Waals surface area contributed by atoms with E-state index in [9.17, 15) is 13.6 Å². The zero-order chi connectivity index (χ0) is 23.8. The molecule has 5 rings (SSSR count). The van der Waals surface area contributed by atoms with Crippen LogP contribution in [0.2, 0.25) is 0 Å². The van der Waals surface area contributed by atoms with Gasteiger partial charge >= 0.3 is 6.61 Å². The van der Waals surface area contributed by atoms with E-state index >= 15 is 0 Å². The van der Waals surface area contributed by atoms with Crippen molar-refractivity contribution in [3.63, 3.8) is 0 Å². The van der Waals surface area contributed by atoms with Crippen LogP contribution in [-0.4, -0.2) is 37.8 Å². The molecule has 0 N–H and O–H groups in total. The number of fused-ring (bicyclic) bond motifs is 2. The molecule has 3 aromatic heterocycles. The third-order valence-electron chi connectivity index (χ3n) is 5.21. The number of aromatic nitrogens is 5. The van der Waals surface area contributed by atoms with E-state index in [0.29, 0.717) is 34.8 Å². The van der Waals surface area contributed by atoms with Gasteiger partial charge in [-0.1, -0.05) is 12.1 Å². The van der Waals surface area contributed by atoms with Crippen LogP contribution < -0.4 is 15.0 Å². The third kappa shape index (κ3) is 3.94. The number of halogens is 2. The average Bonchev–Trinajstić information content (AvgIpc) is 3.18. The van der Waals surface area contributed by atoms with E-state index in [2.05, 4.69) is 19.9 Å². The van der Waals surface area contributed by atoms with E-state index < -0.39 is 12.2 Å². The quantitative estimate of drug-likeness (QED) is 0.373. The summed E-state index contributed by atoms with van der Waals surface area (Å²) in [6.45, 7) is -0.703. The molecule has 172 valence electrons. The molecule has 0 aliphatic heterocycles. The summed E-state index contributed by atoms with van der Waals surface area (Å²) in [6, 6.07) is 14.7. The Bertz CT molecular complexity index is 1560. The Balaban J connectivity index is 1.74. The highest BCUT2D eigenvalue weighted by Gasteiger charge is 2.18. The van der Waals surface area contributed by atoms with Crippen LogP contribution in [0.3, 0.4) is 0 Å². The lowest BCUT2D eigenvalue weighted by Gasteiger charge is -2.12. The number of nitrogens with zero attached hydrogens (tertiary/aromatic N) is 5. The lowest BCUT2D eigenvalue weighted by atomic mass is 10.1. The van der Waals surface area contributed by atoms with Crippen LogP contribution in [0.1, 0.15) is 6.92 Å². The fourth-order valence-electron chi connectivity index (χ4n) is 3.79. The first kappa shape index (κ1) is 21.5. The first-order valence-electron chi connectivity index (χ1n) is 10.5. The minimum Gasteiger partial charge on any atom is -0.478 e. The van der Waals surface area contributed by atoms with Crippen molar-refractivity contribution in [2.24, 2.45) is 7.05 Å². The van der Waals surface area contributed by atoms with Gasteiger partial charge in [-0.25, -0.2) is 4.98 Å². The summed E-state index contributed by atoms with van der Waals surface area (Å²) in [6.07, 6.45) is 1.85. The summed E-state index contributed by atoms with van der Waals surface area (Å²) in [5, 5.41) is 9.75. The third-order valence-corrected chi connectivity index (χ3v) is 5.21. The predicted octanol–water partition coefficient (Wildman–Crippen LogP) is 4.33. The van der Waals surface area contributed by atoms with E-state index in [1.54, 1.807) is 22.9 Å². The molecule has 0 radical (unpaired) electrons. The molecular formula is C24H19F2N5O3. The molecule has 0 aliphatic carbocycles. The van der Waals surface area contributed by atoms with E-state index in [1.165, 1.54) is 28.9 Å². The minimum absolute atomic E-state index is 0.0116. The number of aryl methyl sites for hydroxylation is 1. The van der Waals surface area contributed by atoms with Crippen molar-refractivity contribution in [1.29, 1.82) is 0 Å². The number of hydrogen-bond acceptors (Lipinski definition) is 6. The Morgan fingerprint density at radius 1 is 1.00 bits per heavy atom. The van der Waals surface area contributed by atoms with Crippen molar-refractivity contribution in [2.75, 3.05) is 6.61 Å². The molecule has 8 nitrogen and oxygen atoms in total. The second kappa shape index (κ2) is 8.54. The molecule has 0 amide bonds. The van der Waals surface area contributed by atoms with Crippen LogP contribution in [-0.2, 0) is 7.05 Å². The Morgan fingerprint density at radius 3 is 2.50 bits per heavy atom. The molecule has 0 unspecified atom stereocenters. The van der Waals surface area contributed by atoms with Crippen molar-refractivity contribution in [1.82, 2.24) is 24.5 Å². The Hall–Kier alpha value is -4.34. The van der Waals surface area contributed by atoms with Gasteiger partial charge in [0, 0.05) is 24.7 Å². The van der Waals surface area contributed by atoms with E-state index in [0.717, 1.165) is 10.9 Å². The van der Waals surface area contributed by atoms with Crippen molar-refractivity contribution < 1.29 is 18.3 Å². The molecule has 0 fully saturated rings. The van der Waals surface area contributed by atoms with E-state index in [1.807, 2.05) is 32.3 Å². The van der Waals surface area contributed by atoms with Gasteiger partial charge in [-0.3, -0.25) is 9.48 Å². The predicted molar refractivity (Wildman–Crippen MR) is 123 cm³/mol.